The SMILES string of the molecule is C=CCNCCOC=C. The van der Waals surface area contributed by atoms with Crippen LogP contribution in [0.5, 0.6) is 0 Å². The van der Waals surface area contributed by atoms with Gasteiger partial charge >= 0.3 is 0 Å². The molecule has 0 bridgehead atoms. The molecule has 0 aromatic heterocycles. The Labute approximate surface area is 56.2 Å². The van der Waals surface area contributed by atoms with Gasteiger partial charge in [-0.1, -0.05) is 12.7 Å². The van der Waals surface area contributed by atoms with Gasteiger partial charge in [0, 0.05) is 13.1 Å². The van der Waals surface area contributed by atoms with E-state index < -0.39 is 0 Å². The van der Waals surface area contributed by atoms with Gasteiger partial charge in [-0.3, -0.25) is 0 Å². The molecule has 2 heteroatoms. The van der Waals surface area contributed by atoms with Crippen molar-refractivity contribution in [2.24, 2.45) is 0 Å². The number of hydrogen-bond acceptors (Lipinski definition) is 2. The highest BCUT2D eigenvalue weighted by Crippen LogP contribution is 1.70. The summed E-state index contributed by atoms with van der Waals surface area (Å²) in [6, 6.07) is 0. The molecule has 0 aromatic rings. The molecule has 0 fully saturated rings. The van der Waals surface area contributed by atoms with Crippen LogP contribution in [0.15, 0.2) is 25.5 Å². The second kappa shape index (κ2) is 7.24. The minimum atomic E-state index is 0.678. The molecule has 0 aromatic carbocycles. The van der Waals surface area contributed by atoms with Gasteiger partial charge in [-0.15, -0.1) is 6.58 Å². The molecular formula is C7H13NO. The zero-order valence-electron chi connectivity index (χ0n) is 5.60. The van der Waals surface area contributed by atoms with Crippen molar-refractivity contribution in [3.05, 3.63) is 25.5 Å². The monoisotopic (exact) mass is 127 g/mol. The maximum atomic E-state index is 4.85. The lowest BCUT2D eigenvalue weighted by molar-refractivity contribution is 0.252. The van der Waals surface area contributed by atoms with Crippen molar-refractivity contribution in [2.75, 3.05) is 19.7 Å². The Morgan fingerprint density at radius 3 is 2.78 bits per heavy atom. The van der Waals surface area contributed by atoms with E-state index in [2.05, 4.69) is 18.5 Å². The predicted molar refractivity (Wildman–Crippen MR) is 39.2 cm³/mol. The van der Waals surface area contributed by atoms with E-state index in [9.17, 15) is 0 Å². The van der Waals surface area contributed by atoms with Crippen LogP contribution < -0.4 is 5.32 Å². The molecule has 0 amide bonds. The van der Waals surface area contributed by atoms with Gasteiger partial charge < -0.3 is 10.1 Å². The second-order valence-electron chi connectivity index (χ2n) is 1.53. The Morgan fingerprint density at radius 1 is 1.44 bits per heavy atom. The average Bonchev–Trinajstić information content (AvgIpc) is 1.89. The van der Waals surface area contributed by atoms with Crippen LogP contribution in [0.2, 0.25) is 0 Å². The zero-order chi connectivity index (χ0) is 6.95. The Bertz CT molecular complexity index is 71.0. The fourth-order valence-corrected chi connectivity index (χ4v) is 0.419. The molecule has 0 rings (SSSR count). The number of hydrogen-bond donors (Lipinski definition) is 1. The Balaban J connectivity index is 2.74. The average molecular weight is 127 g/mol. The third-order valence-corrected chi connectivity index (χ3v) is 0.803. The van der Waals surface area contributed by atoms with Crippen LogP contribution in [-0.4, -0.2) is 19.7 Å². The van der Waals surface area contributed by atoms with E-state index >= 15 is 0 Å². The van der Waals surface area contributed by atoms with Crippen molar-refractivity contribution in [1.29, 1.82) is 0 Å². The maximum absolute atomic E-state index is 4.85. The molecule has 0 aliphatic carbocycles. The summed E-state index contributed by atoms with van der Waals surface area (Å²) >= 11 is 0. The highest BCUT2D eigenvalue weighted by atomic mass is 16.5. The minimum absolute atomic E-state index is 0.678. The van der Waals surface area contributed by atoms with E-state index in [1.165, 1.54) is 6.26 Å². The van der Waals surface area contributed by atoms with Crippen LogP contribution in [0, 0.1) is 0 Å². The first-order chi connectivity index (χ1) is 4.41. The maximum Gasteiger partial charge on any atom is 0.0997 e. The molecule has 0 unspecified atom stereocenters. The first-order valence-electron chi connectivity index (χ1n) is 2.96. The minimum Gasteiger partial charge on any atom is -0.500 e. The lowest BCUT2D eigenvalue weighted by atomic mass is 10.6. The van der Waals surface area contributed by atoms with E-state index in [4.69, 9.17) is 4.74 Å². The number of ether oxygens (including phenoxy) is 1. The van der Waals surface area contributed by atoms with Crippen LogP contribution in [0.1, 0.15) is 0 Å². The topological polar surface area (TPSA) is 21.3 Å². The van der Waals surface area contributed by atoms with Crippen LogP contribution in [0.3, 0.4) is 0 Å². The quantitative estimate of drug-likeness (QED) is 0.325. The van der Waals surface area contributed by atoms with Gasteiger partial charge in [0.15, 0.2) is 0 Å². The Morgan fingerprint density at radius 2 is 2.22 bits per heavy atom. The second-order valence-corrected chi connectivity index (χ2v) is 1.53. The van der Waals surface area contributed by atoms with Gasteiger partial charge in [-0.05, 0) is 0 Å². The molecule has 1 N–H and O–H groups in total. The fourth-order valence-electron chi connectivity index (χ4n) is 0.419. The molecule has 0 heterocycles. The summed E-state index contributed by atoms with van der Waals surface area (Å²) in [6.45, 7) is 9.32. The Kier molecular flexibility index (Phi) is 6.63. The van der Waals surface area contributed by atoms with Gasteiger partial charge in [0.2, 0.25) is 0 Å². The molecule has 0 aliphatic rings. The van der Waals surface area contributed by atoms with Gasteiger partial charge in [0.1, 0.15) is 0 Å². The van der Waals surface area contributed by atoms with Crippen LogP contribution in [-0.2, 0) is 4.74 Å². The zero-order valence-corrected chi connectivity index (χ0v) is 5.60. The molecule has 2 nitrogen and oxygen atoms in total. The van der Waals surface area contributed by atoms with Crippen molar-refractivity contribution >= 4 is 0 Å². The van der Waals surface area contributed by atoms with Gasteiger partial charge in [-0.25, -0.2) is 0 Å². The number of rotatable bonds is 6. The Hall–Kier alpha value is -0.760. The van der Waals surface area contributed by atoms with Crippen LogP contribution in [0.25, 0.3) is 0 Å². The summed E-state index contributed by atoms with van der Waals surface area (Å²) in [5, 5.41) is 3.08. The molecule has 52 valence electrons. The standard InChI is InChI=1S/C7H13NO/c1-3-5-8-6-7-9-4-2/h3-4,8H,1-2,5-7H2. The van der Waals surface area contributed by atoms with Gasteiger partial charge in [0.05, 0.1) is 12.9 Å². The van der Waals surface area contributed by atoms with Crippen molar-refractivity contribution in [2.45, 2.75) is 0 Å². The summed E-state index contributed by atoms with van der Waals surface area (Å²) < 4.78 is 4.85. The third kappa shape index (κ3) is 7.24. The molecule has 9 heavy (non-hydrogen) atoms. The van der Waals surface area contributed by atoms with Crippen LogP contribution in [0.4, 0.5) is 0 Å². The van der Waals surface area contributed by atoms with Crippen molar-refractivity contribution in [1.82, 2.24) is 5.32 Å². The van der Waals surface area contributed by atoms with Gasteiger partial charge in [0.25, 0.3) is 0 Å². The van der Waals surface area contributed by atoms with Crippen molar-refractivity contribution in [3.8, 4) is 0 Å². The summed E-state index contributed by atoms with van der Waals surface area (Å²) in [5.74, 6) is 0. The molecule has 0 saturated heterocycles. The summed E-state index contributed by atoms with van der Waals surface area (Å²) in [7, 11) is 0. The molecule has 0 aliphatic heterocycles. The molecule has 0 saturated carbocycles. The van der Waals surface area contributed by atoms with Crippen molar-refractivity contribution < 1.29 is 4.74 Å². The van der Waals surface area contributed by atoms with E-state index in [-0.39, 0.29) is 0 Å². The highest BCUT2D eigenvalue weighted by molar-refractivity contribution is 4.69. The highest BCUT2D eigenvalue weighted by Gasteiger charge is 1.79. The fraction of sp³-hybridized carbons (Fsp3) is 0.429. The summed E-state index contributed by atoms with van der Waals surface area (Å²) in [5.41, 5.74) is 0. The molecule has 0 spiro atoms. The third-order valence-electron chi connectivity index (χ3n) is 0.803. The molecule has 0 atom stereocenters. The smallest absolute Gasteiger partial charge is 0.0997 e. The van der Waals surface area contributed by atoms with E-state index in [0.717, 1.165) is 13.1 Å². The first-order valence-corrected chi connectivity index (χ1v) is 2.96. The van der Waals surface area contributed by atoms with Crippen LogP contribution >= 0.6 is 0 Å². The lowest BCUT2D eigenvalue weighted by Gasteiger charge is -1.99. The molecule has 0 radical (unpaired) electrons. The van der Waals surface area contributed by atoms with Crippen molar-refractivity contribution in [3.63, 3.8) is 0 Å². The van der Waals surface area contributed by atoms with E-state index in [1.807, 2.05) is 6.08 Å². The lowest BCUT2D eigenvalue weighted by Crippen LogP contribution is -2.18. The van der Waals surface area contributed by atoms with Gasteiger partial charge in [-0.2, -0.15) is 0 Å². The number of nitrogens with one attached hydrogen (secondary N) is 1. The summed E-state index contributed by atoms with van der Waals surface area (Å²) in [4.78, 5) is 0. The first kappa shape index (κ1) is 8.24. The predicted octanol–water partition coefficient (Wildman–Crippen LogP) is 0.922. The molecular weight excluding hydrogens is 114 g/mol. The van der Waals surface area contributed by atoms with E-state index in [1.54, 1.807) is 0 Å². The normalized spacial score (nSPS) is 8.44. The largest absolute Gasteiger partial charge is 0.500 e. The van der Waals surface area contributed by atoms with E-state index in [0.29, 0.717) is 6.61 Å². The summed E-state index contributed by atoms with van der Waals surface area (Å²) in [6.07, 6.45) is 3.25.